The highest BCUT2D eigenvalue weighted by atomic mass is 32.1. The molecule has 0 aliphatic carbocycles. The van der Waals surface area contributed by atoms with Gasteiger partial charge in [-0.3, -0.25) is 9.69 Å². The first-order valence-electron chi connectivity index (χ1n) is 9.68. The van der Waals surface area contributed by atoms with Crippen molar-refractivity contribution < 1.29 is 32.2 Å². The Labute approximate surface area is 185 Å². The van der Waals surface area contributed by atoms with Gasteiger partial charge >= 0.3 is 6.36 Å². The number of halogens is 3. The third-order valence-corrected chi connectivity index (χ3v) is 5.72. The number of hydrogen-bond donors (Lipinski definition) is 0. The summed E-state index contributed by atoms with van der Waals surface area (Å²) in [5.41, 5.74) is 1.25. The first-order valence-corrected chi connectivity index (χ1v) is 10.5. The van der Waals surface area contributed by atoms with Crippen LogP contribution in [0, 0.1) is 0 Å². The van der Waals surface area contributed by atoms with Gasteiger partial charge in [0.1, 0.15) is 5.75 Å². The van der Waals surface area contributed by atoms with Crippen LogP contribution in [0.1, 0.15) is 5.56 Å². The third-order valence-electron chi connectivity index (χ3n) is 4.68. The second-order valence-electron chi connectivity index (χ2n) is 7.39. The molecule has 32 heavy (non-hydrogen) atoms. The van der Waals surface area contributed by atoms with Gasteiger partial charge in [-0.1, -0.05) is 17.4 Å². The van der Waals surface area contributed by atoms with Crippen molar-refractivity contribution in [3.8, 4) is 17.2 Å². The van der Waals surface area contributed by atoms with Gasteiger partial charge < -0.3 is 19.1 Å². The van der Waals surface area contributed by atoms with Crippen LogP contribution in [0.4, 0.5) is 18.3 Å². The lowest BCUT2D eigenvalue weighted by Gasteiger charge is -2.22. The van der Waals surface area contributed by atoms with E-state index in [1.807, 2.05) is 19.0 Å². The largest absolute Gasteiger partial charge is 0.573 e. The minimum atomic E-state index is -4.78. The van der Waals surface area contributed by atoms with Crippen LogP contribution in [0.3, 0.4) is 0 Å². The molecule has 1 aliphatic rings. The molecule has 0 fully saturated rings. The average Bonchev–Trinajstić information content (AvgIpc) is 3.32. The molecule has 0 atom stereocenters. The molecule has 0 saturated carbocycles. The monoisotopic (exact) mass is 467 g/mol. The molecule has 0 spiro atoms. The van der Waals surface area contributed by atoms with Gasteiger partial charge in [-0.25, -0.2) is 4.98 Å². The smallest absolute Gasteiger partial charge is 0.454 e. The molecule has 7 nitrogen and oxygen atoms in total. The van der Waals surface area contributed by atoms with Gasteiger partial charge in [-0.15, -0.1) is 13.2 Å². The highest BCUT2D eigenvalue weighted by Crippen LogP contribution is 2.35. The van der Waals surface area contributed by atoms with E-state index in [4.69, 9.17) is 9.47 Å². The second kappa shape index (κ2) is 8.83. The van der Waals surface area contributed by atoms with Crippen molar-refractivity contribution in [2.75, 3.05) is 38.9 Å². The quantitative estimate of drug-likeness (QED) is 0.522. The minimum Gasteiger partial charge on any atom is -0.454 e. The van der Waals surface area contributed by atoms with Crippen molar-refractivity contribution in [1.82, 2.24) is 9.88 Å². The van der Waals surface area contributed by atoms with E-state index in [0.29, 0.717) is 39.9 Å². The van der Waals surface area contributed by atoms with E-state index >= 15 is 0 Å². The molecule has 2 aromatic carbocycles. The summed E-state index contributed by atoms with van der Waals surface area (Å²) in [4.78, 5) is 21.1. The van der Waals surface area contributed by atoms with Crippen molar-refractivity contribution in [2.24, 2.45) is 0 Å². The number of carbonyl (C=O) groups is 1. The summed E-state index contributed by atoms with van der Waals surface area (Å²) in [6.45, 7) is 1.11. The molecule has 0 N–H and O–H groups in total. The summed E-state index contributed by atoms with van der Waals surface area (Å²) >= 11 is 1.14. The Balaban J connectivity index is 1.58. The van der Waals surface area contributed by atoms with Crippen molar-refractivity contribution in [1.29, 1.82) is 0 Å². The molecule has 0 radical (unpaired) electrons. The predicted octanol–water partition coefficient (Wildman–Crippen LogP) is 4.06. The van der Waals surface area contributed by atoms with Crippen molar-refractivity contribution in [3.05, 3.63) is 42.0 Å². The summed E-state index contributed by atoms with van der Waals surface area (Å²) < 4.78 is 52.8. The molecule has 1 amide bonds. The number of aromatic nitrogens is 1. The van der Waals surface area contributed by atoms with Gasteiger partial charge in [-0.05, 0) is 43.9 Å². The van der Waals surface area contributed by atoms with Crippen LogP contribution in [0.5, 0.6) is 17.2 Å². The van der Waals surface area contributed by atoms with E-state index in [2.05, 4.69) is 9.72 Å². The van der Waals surface area contributed by atoms with Crippen LogP contribution in [0.15, 0.2) is 36.4 Å². The van der Waals surface area contributed by atoms with Crippen LogP contribution in [0.2, 0.25) is 0 Å². The number of ether oxygens (including phenoxy) is 3. The van der Waals surface area contributed by atoms with Crippen LogP contribution < -0.4 is 19.1 Å². The van der Waals surface area contributed by atoms with Crippen LogP contribution >= 0.6 is 11.3 Å². The highest BCUT2D eigenvalue weighted by molar-refractivity contribution is 7.22. The van der Waals surface area contributed by atoms with E-state index in [-0.39, 0.29) is 24.9 Å². The van der Waals surface area contributed by atoms with Crippen molar-refractivity contribution in [3.63, 3.8) is 0 Å². The lowest BCUT2D eigenvalue weighted by atomic mass is 10.1. The third kappa shape index (κ3) is 5.22. The minimum absolute atomic E-state index is 0.114. The molecule has 2 heterocycles. The van der Waals surface area contributed by atoms with Gasteiger partial charge in [-0.2, -0.15) is 0 Å². The second-order valence-corrected chi connectivity index (χ2v) is 8.40. The molecule has 3 aromatic rings. The van der Waals surface area contributed by atoms with Crippen LogP contribution in [0.25, 0.3) is 10.2 Å². The number of anilines is 1. The van der Waals surface area contributed by atoms with E-state index in [1.165, 1.54) is 18.2 Å². The molecule has 0 unspecified atom stereocenters. The normalized spacial score (nSPS) is 13.1. The lowest BCUT2D eigenvalue weighted by Crippen LogP contribution is -2.37. The molecule has 0 saturated heterocycles. The summed E-state index contributed by atoms with van der Waals surface area (Å²) in [6.07, 6.45) is -4.66. The predicted molar refractivity (Wildman–Crippen MR) is 113 cm³/mol. The number of carbonyl (C=O) groups excluding carboxylic acids is 1. The number of amides is 1. The molecule has 1 aromatic heterocycles. The number of benzene rings is 2. The molecule has 11 heteroatoms. The zero-order valence-electron chi connectivity index (χ0n) is 17.3. The van der Waals surface area contributed by atoms with Gasteiger partial charge in [0.15, 0.2) is 16.6 Å². The Bertz CT molecular complexity index is 1130. The Kier molecular flexibility index (Phi) is 6.11. The van der Waals surface area contributed by atoms with Crippen LogP contribution in [-0.2, 0) is 11.2 Å². The maximum atomic E-state index is 13.2. The number of nitrogens with zero attached hydrogens (tertiary/aromatic N) is 3. The molecular formula is C21H20F3N3O4S. The van der Waals surface area contributed by atoms with E-state index in [9.17, 15) is 18.0 Å². The first kappa shape index (κ1) is 22.2. The number of fused-ring (bicyclic) bond motifs is 2. The molecule has 170 valence electrons. The Morgan fingerprint density at radius 2 is 1.91 bits per heavy atom. The average molecular weight is 467 g/mol. The Morgan fingerprint density at radius 1 is 1.12 bits per heavy atom. The maximum Gasteiger partial charge on any atom is 0.573 e. The lowest BCUT2D eigenvalue weighted by molar-refractivity contribution is -0.274. The molecular weight excluding hydrogens is 447 g/mol. The van der Waals surface area contributed by atoms with Crippen LogP contribution in [-0.4, -0.2) is 56.1 Å². The summed E-state index contributed by atoms with van der Waals surface area (Å²) in [6, 6.07) is 9.25. The summed E-state index contributed by atoms with van der Waals surface area (Å²) in [5.74, 6) is 0.712. The zero-order chi connectivity index (χ0) is 22.9. The first-order chi connectivity index (χ1) is 15.2. The fourth-order valence-electron chi connectivity index (χ4n) is 3.15. The number of thiazole rings is 1. The SMILES string of the molecule is CN(C)CCN(C(=O)Cc1ccc2c(c1)OCO2)c1nc2ccc(OC(F)(F)F)cc2s1. The Hall–Kier alpha value is -3.05. The number of hydrogen-bond acceptors (Lipinski definition) is 7. The topological polar surface area (TPSA) is 64.1 Å². The highest BCUT2D eigenvalue weighted by Gasteiger charge is 2.31. The van der Waals surface area contributed by atoms with E-state index < -0.39 is 6.36 Å². The Morgan fingerprint density at radius 3 is 2.66 bits per heavy atom. The van der Waals surface area contributed by atoms with E-state index in [1.54, 1.807) is 23.1 Å². The van der Waals surface area contributed by atoms with E-state index in [0.717, 1.165) is 16.9 Å². The van der Waals surface area contributed by atoms with Gasteiger partial charge in [0.2, 0.25) is 12.7 Å². The fraction of sp³-hybridized carbons (Fsp3) is 0.333. The standard InChI is InChI=1S/C21H20F3N3O4S/c1-26(2)7-8-27(19(28)10-13-3-6-16-17(9-13)30-12-29-16)20-25-15-5-4-14(11-18(15)32-20)31-21(22,23)24/h3-6,9,11H,7-8,10,12H2,1-2H3. The maximum absolute atomic E-state index is 13.2. The number of likely N-dealkylation sites (N-methyl/N-ethyl adjacent to an activating group) is 1. The zero-order valence-corrected chi connectivity index (χ0v) is 18.1. The van der Waals surface area contributed by atoms with Crippen molar-refractivity contribution >= 4 is 32.6 Å². The van der Waals surface area contributed by atoms with Gasteiger partial charge in [0, 0.05) is 19.2 Å². The number of rotatable bonds is 7. The molecule has 1 aliphatic heterocycles. The fourth-order valence-corrected chi connectivity index (χ4v) is 4.19. The molecule has 4 rings (SSSR count). The number of alkyl halides is 3. The van der Waals surface area contributed by atoms with Gasteiger partial charge in [0.05, 0.1) is 16.6 Å². The summed E-state index contributed by atoms with van der Waals surface area (Å²) in [5, 5.41) is 0.414. The van der Waals surface area contributed by atoms with Gasteiger partial charge in [0.25, 0.3) is 0 Å². The van der Waals surface area contributed by atoms with Crippen molar-refractivity contribution in [2.45, 2.75) is 12.8 Å². The summed E-state index contributed by atoms with van der Waals surface area (Å²) in [7, 11) is 3.78. The molecule has 0 bridgehead atoms.